The molecule has 0 bridgehead atoms. The lowest BCUT2D eigenvalue weighted by atomic mass is 9.57. The standard InChI is InChI=1S/C17H30O.C2H2O4/c1-13-8-11-17(18)12-15(9-10-16(13,17)2)14-6-4-3-5-7-14;3-1(4)2(5)6/h13-15,18H,3-12H2,1-2H3;(H,3,4)(H,5,6). The second-order valence-electron chi connectivity index (χ2n) is 8.40. The molecule has 3 saturated carbocycles. The van der Waals surface area contributed by atoms with E-state index in [-0.39, 0.29) is 11.0 Å². The van der Waals surface area contributed by atoms with E-state index in [1.165, 1.54) is 51.4 Å². The molecule has 138 valence electrons. The number of hydrogen-bond donors (Lipinski definition) is 3. The molecule has 3 rings (SSSR count). The van der Waals surface area contributed by atoms with Crippen molar-refractivity contribution in [3.05, 3.63) is 0 Å². The third kappa shape index (κ3) is 3.76. The maximum absolute atomic E-state index is 11.1. The normalized spacial score (nSPS) is 39.5. The summed E-state index contributed by atoms with van der Waals surface area (Å²) < 4.78 is 0. The molecule has 4 atom stereocenters. The van der Waals surface area contributed by atoms with Crippen molar-refractivity contribution in [3.8, 4) is 0 Å². The van der Waals surface area contributed by atoms with Crippen LogP contribution in [0.5, 0.6) is 0 Å². The third-order valence-corrected chi connectivity index (χ3v) is 7.28. The van der Waals surface area contributed by atoms with E-state index in [0.29, 0.717) is 0 Å². The Morgan fingerprint density at radius 2 is 1.46 bits per heavy atom. The van der Waals surface area contributed by atoms with Gasteiger partial charge in [0, 0.05) is 0 Å². The highest BCUT2D eigenvalue weighted by molar-refractivity contribution is 6.27. The molecular formula is C19H32O5. The van der Waals surface area contributed by atoms with Gasteiger partial charge < -0.3 is 15.3 Å². The second-order valence-corrected chi connectivity index (χ2v) is 8.40. The molecule has 0 saturated heterocycles. The van der Waals surface area contributed by atoms with E-state index in [9.17, 15) is 5.11 Å². The van der Waals surface area contributed by atoms with Gasteiger partial charge >= 0.3 is 11.9 Å². The molecule has 0 radical (unpaired) electrons. The van der Waals surface area contributed by atoms with Gasteiger partial charge in [0.1, 0.15) is 0 Å². The highest BCUT2D eigenvalue weighted by Gasteiger charge is 2.57. The maximum atomic E-state index is 11.1. The van der Waals surface area contributed by atoms with Crippen molar-refractivity contribution in [1.29, 1.82) is 0 Å². The third-order valence-electron chi connectivity index (χ3n) is 7.28. The SMILES string of the molecule is CC1CCC2(O)CC(C3CCCCC3)CCC12C.O=C(O)C(=O)O. The van der Waals surface area contributed by atoms with Crippen molar-refractivity contribution in [3.63, 3.8) is 0 Å². The molecule has 0 aliphatic heterocycles. The zero-order valence-corrected chi connectivity index (χ0v) is 15.0. The Balaban J connectivity index is 0.000000301. The number of carboxylic acid groups (broad SMARTS) is 2. The highest BCUT2D eigenvalue weighted by Crippen LogP contribution is 2.60. The first-order chi connectivity index (χ1) is 11.2. The van der Waals surface area contributed by atoms with E-state index in [4.69, 9.17) is 19.8 Å². The fourth-order valence-electron chi connectivity index (χ4n) is 5.36. The summed E-state index contributed by atoms with van der Waals surface area (Å²) in [6.45, 7) is 4.72. The summed E-state index contributed by atoms with van der Waals surface area (Å²) in [6.07, 6.45) is 13.3. The van der Waals surface area contributed by atoms with Gasteiger partial charge in [-0.2, -0.15) is 0 Å². The Labute approximate surface area is 144 Å². The summed E-state index contributed by atoms with van der Waals surface area (Å²) in [7, 11) is 0. The van der Waals surface area contributed by atoms with Crippen LogP contribution in [0.25, 0.3) is 0 Å². The summed E-state index contributed by atoms with van der Waals surface area (Å²) >= 11 is 0. The first-order valence-corrected chi connectivity index (χ1v) is 9.38. The molecule has 0 spiro atoms. The van der Waals surface area contributed by atoms with Gasteiger partial charge in [-0.05, 0) is 55.3 Å². The van der Waals surface area contributed by atoms with Crippen molar-refractivity contribution < 1.29 is 24.9 Å². The highest BCUT2D eigenvalue weighted by atomic mass is 16.4. The predicted octanol–water partition coefficient (Wildman–Crippen LogP) is 3.69. The summed E-state index contributed by atoms with van der Waals surface area (Å²) in [5.41, 5.74) is -0.106. The zero-order chi connectivity index (χ0) is 18.0. The van der Waals surface area contributed by atoms with Gasteiger partial charge in [-0.3, -0.25) is 0 Å². The van der Waals surface area contributed by atoms with Crippen LogP contribution in [0.1, 0.15) is 78.1 Å². The number of carboxylic acids is 2. The number of fused-ring (bicyclic) bond motifs is 1. The zero-order valence-electron chi connectivity index (χ0n) is 15.0. The van der Waals surface area contributed by atoms with Gasteiger partial charge in [0.15, 0.2) is 0 Å². The minimum Gasteiger partial charge on any atom is -0.473 e. The van der Waals surface area contributed by atoms with Gasteiger partial charge in [-0.25, -0.2) is 9.59 Å². The van der Waals surface area contributed by atoms with Gasteiger partial charge in [-0.1, -0.05) is 46.0 Å². The van der Waals surface area contributed by atoms with Gasteiger partial charge in [0.05, 0.1) is 5.60 Å². The largest absolute Gasteiger partial charge is 0.473 e. The topological polar surface area (TPSA) is 94.8 Å². The molecule has 0 aromatic carbocycles. The number of aliphatic carboxylic acids is 2. The first-order valence-electron chi connectivity index (χ1n) is 9.38. The Morgan fingerprint density at radius 3 is 2.00 bits per heavy atom. The average Bonchev–Trinajstić information content (AvgIpc) is 2.79. The molecule has 0 aromatic rings. The van der Waals surface area contributed by atoms with E-state index in [0.717, 1.165) is 30.6 Å². The molecule has 3 aliphatic rings. The Kier molecular flexibility index (Phi) is 5.95. The molecule has 5 nitrogen and oxygen atoms in total. The van der Waals surface area contributed by atoms with Gasteiger partial charge in [0.2, 0.25) is 0 Å². The maximum Gasteiger partial charge on any atom is 0.414 e. The molecule has 24 heavy (non-hydrogen) atoms. The Bertz CT molecular complexity index is 458. The quantitative estimate of drug-likeness (QED) is 0.633. The van der Waals surface area contributed by atoms with Crippen LogP contribution < -0.4 is 0 Å². The number of aliphatic hydroxyl groups is 1. The van der Waals surface area contributed by atoms with Gasteiger partial charge in [-0.15, -0.1) is 0 Å². The molecule has 0 amide bonds. The smallest absolute Gasteiger partial charge is 0.414 e. The molecule has 4 unspecified atom stereocenters. The van der Waals surface area contributed by atoms with Crippen LogP contribution in [0.2, 0.25) is 0 Å². The van der Waals surface area contributed by atoms with Crippen molar-refractivity contribution in [2.45, 2.75) is 83.7 Å². The lowest BCUT2D eigenvalue weighted by Gasteiger charge is -2.51. The number of rotatable bonds is 1. The van der Waals surface area contributed by atoms with Crippen LogP contribution in [-0.4, -0.2) is 32.9 Å². The van der Waals surface area contributed by atoms with Crippen molar-refractivity contribution in [2.24, 2.45) is 23.2 Å². The molecule has 3 aliphatic carbocycles. The van der Waals surface area contributed by atoms with Crippen LogP contribution >= 0.6 is 0 Å². The Hall–Kier alpha value is -1.10. The Morgan fingerprint density at radius 1 is 0.875 bits per heavy atom. The van der Waals surface area contributed by atoms with Crippen molar-refractivity contribution >= 4 is 11.9 Å². The van der Waals surface area contributed by atoms with E-state index in [1.807, 2.05) is 0 Å². The van der Waals surface area contributed by atoms with Crippen LogP contribution in [0.15, 0.2) is 0 Å². The van der Waals surface area contributed by atoms with E-state index in [1.54, 1.807) is 0 Å². The fourth-order valence-corrected chi connectivity index (χ4v) is 5.36. The number of carbonyl (C=O) groups is 2. The number of hydrogen-bond acceptors (Lipinski definition) is 3. The summed E-state index contributed by atoms with van der Waals surface area (Å²) in [4.78, 5) is 18.2. The minimum absolute atomic E-state index is 0.220. The first kappa shape index (κ1) is 19.2. The fraction of sp³-hybridized carbons (Fsp3) is 0.895. The molecule has 3 N–H and O–H groups in total. The monoisotopic (exact) mass is 340 g/mol. The van der Waals surface area contributed by atoms with Gasteiger partial charge in [0.25, 0.3) is 0 Å². The van der Waals surface area contributed by atoms with E-state index >= 15 is 0 Å². The minimum atomic E-state index is -1.82. The molecular weight excluding hydrogens is 308 g/mol. The van der Waals surface area contributed by atoms with E-state index in [2.05, 4.69) is 13.8 Å². The van der Waals surface area contributed by atoms with Crippen LogP contribution in [0.3, 0.4) is 0 Å². The molecule has 0 aromatic heterocycles. The summed E-state index contributed by atoms with van der Waals surface area (Å²) in [5.74, 6) is -1.17. The van der Waals surface area contributed by atoms with E-state index < -0.39 is 11.9 Å². The lowest BCUT2D eigenvalue weighted by Crippen LogP contribution is -2.50. The summed E-state index contributed by atoms with van der Waals surface area (Å²) in [6, 6.07) is 0. The van der Waals surface area contributed by atoms with Crippen molar-refractivity contribution in [1.82, 2.24) is 0 Å². The molecule has 0 heterocycles. The summed E-state index contributed by atoms with van der Waals surface area (Å²) in [5, 5.41) is 25.9. The average molecular weight is 340 g/mol. The predicted molar refractivity (Wildman–Crippen MR) is 90.6 cm³/mol. The lowest BCUT2D eigenvalue weighted by molar-refractivity contribution is -0.159. The van der Waals surface area contributed by atoms with Crippen LogP contribution in [0.4, 0.5) is 0 Å². The molecule has 5 heteroatoms. The van der Waals surface area contributed by atoms with Crippen molar-refractivity contribution in [2.75, 3.05) is 0 Å². The second kappa shape index (κ2) is 7.42. The van der Waals surface area contributed by atoms with Crippen LogP contribution in [-0.2, 0) is 9.59 Å². The molecule has 3 fully saturated rings. The van der Waals surface area contributed by atoms with Crippen LogP contribution in [0, 0.1) is 23.2 Å².